The third kappa shape index (κ3) is 3.26. The maximum Gasteiger partial charge on any atom is 0.319 e. The van der Waals surface area contributed by atoms with Crippen LogP contribution in [0.1, 0.15) is 15.9 Å². The molecule has 0 spiro atoms. The molecule has 21 heavy (non-hydrogen) atoms. The molecule has 0 atom stereocenters. The van der Waals surface area contributed by atoms with Gasteiger partial charge in [0.15, 0.2) is 5.15 Å². The van der Waals surface area contributed by atoms with Gasteiger partial charge in [-0.3, -0.25) is 14.9 Å². The highest BCUT2D eigenvalue weighted by molar-refractivity contribution is 6.33. The Morgan fingerprint density at radius 3 is 2.71 bits per heavy atom. The number of hydrogen-bond acceptors (Lipinski definition) is 5. The third-order valence-electron chi connectivity index (χ3n) is 2.53. The first-order valence-corrected chi connectivity index (χ1v) is 6.38. The Labute approximate surface area is 129 Å². The molecule has 0 aliphatic rings. The van der Waals surface area contributed by atoms with E-state index >= 15 is 0 Å². The second-order valence-corrected chi connectivity index (χ2v) is 4.78. The number of carbonyl (C=O) groups is 1. The quantitative estimate of drug-likeness (QED) is 0.530. The molecule has 1 N–H and O–H groups in total. The van der Waals surface area contributed by atoms with Gasteiger partial charge in [-0.05, 0) is 24.6 Å². The van der Waals surface area contributed by atoms with Crippen LogP contribution in [0.5, 0.6) is 0 Å². The second kappa shape index (κ2) is 6.02. The van der Waals surface area contributed by atoms with Crippen molar-refractivity contribution in [3.8, 4) is 0 Å². The molecule has 0 aliphatic heterocycles. The number of nitrogens with zero attached hydrogens (tertiary/aromatic N) is 3. The summed E-state index contributed by atoms with van der Waals surface area (Å²) in [5, 5.41) is 13.2. The van der Waals surface area contributed by atoms with Crippen LogP contribution < -0.4 is 5.32 Å². The first-order valence-electron chi connectivity index (χ1n) is 5.62. The van der Waals surface area contributed by atoms with Crippen molar-refractivity contribution in [1.82, 2.24) is 9.97 Å². The van der Waals surface area contributed by atoms with Crippen molar-refractivity contribution in [2.24, 2.45) is 0 Å². The van der Waals surface area contributed by atoms with E-state index in [9.17, 15) is 14.9 Å². The lowest BCUT2D eigenvalue weighted by Crippen LogP contribution is -2.15. The van der Waals surface area contributed by atoms with Gasteiger partial charge in [-0.15, -0.1) is 0 Å². The summed E-state index contributed by atoms with van der Waals surface area (Å²) in [7, 11) is 0. The smallest absolute Gasteiger partial charge is 0.319 e. The van der Waals surface area contributed by atoms with E-state index in [4.69, 9.17) is 23.2 Å². The lowest BCUT2D eigenvalue weighted by atomic mass is 10.2. The SMILES string of the molecule is Cc1cnc(Cl)c(NC(=O)c2ccnc(Cl)c2[N+](=O)[O-])c1. The Bertz CT molecular complexity index is 736. The van der Waals surface area contributed by atoms with Crippen molar-refractivity contribution in [1.29, 1.82) is 0 Å². The molecule has 2 heterocycles. The maximum atomic E-state index is 12.2. The van der Waals surface area contributed by atoms with Crippen LogP contribution in [0.25, 0.3) is 0 Å². The predicted octanol–water partition coefficient (Wildman–Crippen LogP) is 3.25. The van der Waals surface area contributed by atoms with Gasteiger partial charge < -0.3 is 5.32 Å². The van der Waals surface area contributed by atoms with Crippen molar-refractivity contribution in [3.05, 3.63) is 56.1 Å². The highest BCUT2D eigenvalue weighted by atomic mass is 35.5. The number of amides is 1. The molecule has 0 aromatic carbocycles. The Morgan fingerprint density at radius 1 is 1.33 bits per heavy atom. The molecular weight excluding hydrogens is 319 g/mol. The van der Waals surface area contributed by atoms with Crippen molar-refractivity contribution >= 4 is 40.5 Å². The molecule has 2 aromatic heterocycles. The van der Waals surface area contributed by atoms with Crippen LogP contribution in [0.3, 0.4) is 0 Å². The van der Waals surface area contributed by atoms with Gasteiger partial charge in [0.05, 0.1) is 10.6 Å². The number of aromatic nitrogens is 2. The standard InChI is InChI=1S/C12H8Cl2N4O3/c1-6-4-8(10(13)16-5-6)17-12(19)7-2-3-15-11(14)9(7)18(20)21/h2-5H,1H3,(H,17,19). The van der Waals surface area contributed by atoms with Crippen LogP contribution in [-0.2, 0) is 0 Å². The Balaban J connectivity index is 2.40. The number of carbonyl (C=O) groups excluding carboxylic acids is 1. The van der Waals surface area contributed by atoms with E-state index in [0.717, 1.165) is 5.56 Å². The van der Waals surface area contributed by atoms with Crippen molar-refractivity contribution in [2.45, 2.75) is 6.92 Å². The van der Waals surface area contributed by atoms with Crippen LogP contribution in [0.4, 0.5) is 11.4 Å². The largest absolute Gasteiger partial charge is 0.319 e. The molecule has 7 nitrogen and oxygen atoms in total. The third-order valence-corrected chi connectivity index (χ3v) is 3.11. The van der Waals surface area contributed by atoms with Gasteiger partial charge in [0.25, 0.3) is 5.91 Å². The Hall–Kier alpha value is -2.25. The minimum Gasteiger partial charge on any atom is -0.319 e. The summed E-state index contributed by atoms with van der Waals surface area (Å²) in [6, 6.07) is 2.80. The van der Waals surface area contributed by atoms with E-state index in [1.807, 2.05) is 0 Å². The van der Waals surface area contributed by atoms with E-state index in [1.54, 1.807) is 13.0 Å². The fraction of sp³-hybridized carbons (Fsp3) is 0.0833. The molecule has 1 amide bonds. The van der Waals surface area contributed by atoms with Gasteiger partial charge in [-0.1, -0.05) is 23.2 Å². The van der Waals surface area contributed by atoms with Crippen LogP contribution in [-0.4, -0.2) is 20.8 Å². The normalized spacial score (nSPS) is 10.2. The highest BCUT2D eigenvalue weighted by Crippen LogP contribution is 2.27. The molecule has 9 heteroatoms. The number of nitrogens with one attached hydrogen (secondary N) is 1. The maximum absolute atomic E-state index is 12.2. The molecular formula is C12H8Cl2N4O3. The number of rotatable bonds is 3. The number of anilines is 1. The zero-order chi connectivity index (χ0) is 15.6. The van der Waals surface area contributed by atoms with Gasteiger partial charge >= 0.3 is 5.69 Å². The summed E-state index contributed by atoms with van der Waals surface area (Å²) in [6.07, 6.45) is 2.74. The number of halogens is 2. The summed E-state index contributed by atoms with van der Waals surface area (Å²) in [6.45, 7) is 1.77. The fourth-order valence-electron chi connectivity index (χ4n) is 1.62. The molecule has 0 bridgehead atoms. The Morgan fingerprint density at radius 2 is 2.05 bits per heavy atom. The van der Waals surface area contributed by atoms with Gasteiger partial charge in [-0.2, -0.15) is 0 Å². The molecule has 0 unspecified atom stereocenters. The number of nitro groups is 1. The molecule has 0 aliphatic carbocycles. The molecule has 0 saturated carbocycles. The van der Waals surface area contributed by atoms with Gasteiger partial charge in [0.1, 0.15) is 5.56 Å². The zero-order valence-corrected chi connectivity index (χ0v) is 12.1. The molecule has 2 rings (SSSR count). The minimum absolute atomic E-state index is 0.0803. The van der Waals surface area contributed by atoms with Crippen molar-refractivity contribution in [2.75, 3.05) is 5.32 Å². The first-order chi connectivity index (χ1) is 9.90. The Kier molecular flexibility index (Phi) is 4.35. The summed E-state index contributed by atoms with van der Waals surface area (Å²) < 4.78 is 0. The van der Waals surface area contributed by atoms with Crippen LogP contribution in [0, 0.1) is 17.0 Å². The second-order valence-electron chi connectivity index (χ2n) is 4.06. The van der Waals surface area contributed by atoms with Gasteiger partial charge in [0.2, 0.25) is 5.15 Å². The van der Waals surface area contributed by atoms with E-state index < -0.39 is 16.5 Å². The van der Waals surface area contributed by atoms with Crippen molar-refractivity contribution in [3.63, 3.8) is 0 Å². The molecule has 108 valence electrons. The molecule has 0 radical (unpaired) electrons. The predicted molar refractivity (Wildman–Crippen MR) is 77.8 cm³/mol. The number of hydrogen-bond donors (Lipinski definition) is 1. The van der Waals surface area contributed by atoms with E-state index in [1.165, 1.54) is 18.5 Å². The van der Waals surface area contributed by atoms with Crippen LogP contribution in [0.15, 0.2) is 24.5 Å². The van der Waals surface area contributed by atoms with Crippen LogP contribution >= 0.6 is 23.2 Å². The van der Waals surface area contributed by atoms with Crippen molar-refractivity contribution < 1.29 is 9.72 Å². The van der Waals surface area contributed by atoms with E-state index in [2.05, 4.69) is 15.3 Å². The lowest BCUT2D eigenvalue weighted by molar-refractivity contribution is -0.385. The molecule has 2 aromatic rings. The zero-order valence-electron chi connectivity index (χ0n) is 10.6. The average Bonchev–Trinajstić information content (AvgIpc) is 2.42. The topological polar surface area (TPSA) is 98.0 Å². The van der Waals surface area contributed by atoms with Gasteiger partial charge in [-0.25, -0.2) is 9.97 Å². The first kappa shape index (κ1) is 15.1. The van der Waals surface area contributed by atoms with E-state index in [-0.39, 0.29) is 21.6 Å². The summed E-state index contributed by atoms with van der Waals surface area (Å²) in [4.78, 5) is 29.9. The molecule has 0 saturated heterocycles. The monoisotopic (exact) mass is 326 g/mol. The lowest BCUT2D eigenvalue weighted by Gasteiger charge is -2.08. The molecule has 0 fully saturated rings. The van der Waals surface area contributed by atoms with Gasteiger partial charge in [0, 0.05) is 12.4 Å². The fourth-order valence-corrected chi connectivity index (χ4v) is 1.99. The minimum atomic E-state index is -0.764. The highest BCUT2D eigenvalue weighted by Gasteiger charge is 2.25. The van der Waals surface area contributed by atoms with Crippen LogP contribution in [0.2, 0.25) is 10.3 Å². The van der Waals surface area contributed by atoms with E-state index in [0.29, 0.717) is 0 Å². The average molecular weight is 327 g/mol. The summed E-state index contributed by atoms with van der Waals surface area (Å²) in [5.74, 6) is -0.722. The summed E-state index contributed by atoms with van der Waals surface area (Å²) >= 11 is 11.5. The number of aryl methyl sites for hydroxylation is 1. The summed E-state index contributed by atoms with van der Waals surface area (Å²) in [5.41, 5.74) is 0.256. The number of pyridine rings is 2.